The number of amides is 1. The van der Waals surface area contributed by atoms with Gasteiger partial charge in [-0.15, -0.1) is 11.8 Å². The van der Waals surface area contributed by atoms with Crippen LogP contribution in [0.2, 0.25) is 5.02 Å². The number of benzene rings is 1. The lowest BCUT2D eigenvalue weighted by molar-refractivity contribution is -0.115. The van der Waals surface area contributed by atoms with Gasteiger partial charge in [0.15, 0.2) is 5.82 Å². The largest absolute Gasteiger partial charge is 0.308 e. The Labute approximate surface area is 126 Å². The van der Waals surface area contributed by atoms with Gasteiger partial charge in [0, 0.05) is 16.3 Å². The number of carbonyl (C=O) groups excluding carboxylic acids is 1. The van der Waals surface area contributed by atoms with Gasteiger partial charge in [0.05, 0.1) is 10.5 Å². The maximum atomic E-state index is 12.0. The number of aryl methyl sites for hydroxylation is 1. The van der Waals surface area contributed by atoms with E-state index in [2.05, 4.69) is 15.5 Å². The van der Waals surface area contributed by atoms with Crippen molar-refractivity contribution in [1.29, 1.82) is 0 Å². The molecule has 0 saturated heterocycles. The molecule has 0 aliphatic carbocycles. The summed E-state index contributed by atoms with van der Waals surface area (Å²) in [6.07, 6.45) is 0. The molecule has 0 bridgehead atoms. The third kappa shape index (κ3) is 2.31. The van der Waals surface area contributed by atoms with Crippen molar-refractivity contribution in [3.05, 3.63) is 46.1 Å². The predicted octanol–water partition coefficient (Wildman–Crippen LogP) is 3.53. The lowest BCUT2D eigenvalue weighted by Crippen LogP contribution is -2.21. The first-order chi connectivity index (χ1) is 9.56. The van der Waals surface area contributed by atoms with Crippen molar-refractivity contribution in [2.75, 3.05) is 5.32 Å². The first kappa shape index (κ1) is 13.5. The molecule has 1 amide bonds. The summed E-state index contributed by atoms with van der Waals surface area (Å²) in [5.74, 6) is 0.599. The molecule has 104 valence electrons. The number of hydrogen-bond acceptors (Lipinski definition) is 3. The zero-order chi connectivity index (χ0) is 14.3. The molecule has 6 heteroatoms. The minimum absolute atomic E-state index is 0.0210. The van der Waals surface area contributed by atoms with Gasteiger partial charge in [0.1, 0.15) is 0 Å². The number of nitrogens with one attached hydrogen (secondary N) is 2. The van der Waals surface area contributed by atoms with Gasteiger partial charge in [-0.25, -0.2) is 0 Å². The summed E-state index contributed by atoms with van der Waals surface area (Å²) < 4.78 is 0. The van der Waals surface area contributed by atoms with Crippen molar-refractivity contribution < 1.29 is 4.79 Å². The molecule has 1 aromatic carbocycles. The van der Waals surface area contributed by atoms with Crippen LogP contribution in [0.5, 0.6) is 0 Å². The van der Waals surface area contributed by atoms with Gasteiger partial charge in [-0.1, -0.05) is 23.7 Å². The number of rotatable bonds is 1. The van der Waals surface area contributed by atoms with E-state index in [4.69, 9.17) is 11.6 Å². The van der Waals surface area contributed by atoms with Gasteiger partial charge in [-0.05, 0) is 31.5 Å². The van der Waals surface area contributed by atoms with Crippen molar-refractivity contribution in [3.63, 3.8) is 0 Å². The van der Waals surface area contributed by atoms with Gasteiger partial charge in [0.25, 0.3) is 0 Å². The van der Waals surface area contributed by atoms with E-state index >= 15 is 0 Å². The molecule has 20 heavy (non-hydrogen) atoms. The summed E-state index contributed by atoms with van der Waals surface area (Å²) in [6, 6.07) is 7.75. The quantitative estimate of drug-likeness (QED) is 0.847. The summed E-state index contributed by atoms with van der Waals surface area (Å²) in [4.78, 5) is 12.0. The summed E-state index contributed by atoms with van der Waals surface area (Å²) in [6.45, 7) is 3.87. The molecule has 2 heterocycles. The summed E-state index contributed by atoms with van der Waals surface area (Å²) in [7, 11) is 0. The van der Waals surface area contributed by atoms with Crippen LogP contribution in [0.15, 0.2) is 24.3 Å². The zero-order valence-corrected chi connectivity index (χ0v) is 12.7. The Hall–Kier alpha value is -1.46. The first-order valence-electron chi connectivity index (χ1n) is 6.33. The molecule has 4 nitrogen and oxygen atoms in total. The molecule has 3 rings (SSSR count). The van der Waals surface area contributed by atoms with Crippen molar-refractivity contribution in [2.24, 2.45) is 0 Å². The smallest absolute Gasteiger partial charge is 0.238 e. The molecule has 0 spiro atoms. The minimum Gasteiger partial charge on any atom is -0.308 e. The molecular formula is C14H14ClN3OS. The average molecular weight is 308 g/mol. The van der Waals surface area contributed by atoms with Gasteiger partial charge < -0.3 is 5.32 Å². The average Bonchev–Trinajstić information content (AvgIpc) is 2.70. The van der Waals surface area contributed by atoms with Crippen LogP contribution in [-0.4, -0.2) is 21.4 Å². The Morgan fingerprint density at radius 2 is 2.20 bits per heavy atom. The number of carbonyl (C=O) groups is 1. The van der Waals surface area contributed by atoms with Gasteiger partial charge in [-0.3, -0.25) is 9.89 Å². The zero-order valence-electron chi connectivity index (χ0n) is 11.1. The number of halogens is 1. The predicted molar refractivity (Wildman–Crippen MR) is 82.3 cm³/mol. The fourth-order valence-corrected chi connectivity index (χ4v) is 3.84. The van der Waals surface area contributed by atoms with Crippen LogP contribution in [-0.2, 0) is 4.79 Å². The second-order valence-corrected chi connectivity index (χ2v) is 6.70. The molecular weight excluding hydrogens is 294 g/mol. The first-order valence-corrected chi connectivity index (χ1v) is 7.65. The Kier molecular flexibility index (Phi) is 3.48. The molecule has 1 aliphatic rings. The van der Waals surface area contributed by atoms with Crippen LogP contribution < -0.4 is 5.32 Å². The van der Waals surface area contributed by atoms with Crippen molar-refractivity contribution in [2.45, 2.75) is 24.3 Å². The number of thioether (sulfide) groups is 1. The highest BCUT2D eigenvalue weighted by molar-refractivity contribution is 8.01. The third-order valence-corrected chi connectivity index (χ3v) is 5.00. The standard InChI is InChI=1S/C14H14ClN3OS/c1-7-11-12(9-4-3-5-10(15)6-9)20-8(2)14(19)16-13(11)18-17-7/h3-6,8,12H,1-2H3,(H2,16,17,18,19)/t8-,12-/m1/s1. The summed E-state index contributed by atoms with van der Waals surface area (Å²) in [5.41, 5.74) is 3.07. The number of fused-ring (bicyclic) bond motifs is 1. The fraction of sp³-hybridized carbons (Fsp3) is 0.286. The molecule has 0 unspecified atom stereocenters. The highest BCUT2D eigenvalue weighted by Gasteiger charge is 2.32. The van der Waals surface area contributed by atoms with E-state index in [1.807, 2.05) is 38.1 Å². The van der Waals surface area contributed by atoms with E-state index in [1.54, 1.807) is 11.8 Å². The van der Waals surface area contributed by atoms with Crippen molar-refractivity contribution in [1.82, 2.24) is 10.2 Å². The normalized spacial score (nSPS) is 22.1. The Morgan fingerprint density at radius 3 is 2.95 bits per heavy atom. The number of anilines is 1. The van der Waals surface area contributed by atoms with E-state index < -0.39 is 0 Å². The van der Waals surface area contributed by atoms with E-state index in [1.165, 1.54) is 0 Å². The molecule has 0 saturated carbocycles. The van der Waals surface area contributed by atoms with Gasteiger partial charge >= 0.3 is 0 Å². The van der Waals surface area contributed by atoms with Crippen LogP contribution in [0, 0.1) is 6.92 Å². The Bertz CT molecular complexity index is 670. The molecule has 2 N–H and O–H groups in total. The van der Waals surface area contributed by atoms with E-state index in [-0.39, 0.29) is 16.4 Å². The number of hydrogen-bond donors (Lipinski definition) is 2. The molecule has 0 radical (unpaired) electrons. The van der Waals surface area contributed by atoms with Crippen LogP contribution >= 0.6 is 23.4 Å². The summed E-state index contributed by atoms with van der Waals surface area (Å²) >= 11 is 7.70. The van der Waals surface area contributed by atoms with Gasteiger partial charge in [-0.2, -0.15) is 5.10 Å². The molecule has 0 fully saturated rings. The lowest BCUT2D eigenvalue weighted by Gasteiger charge is -2.17. The highest BCUT2D eigenvalue weighted by atomic mass is 35.5. The lowest BCUT2D eigenvalue weighted by atomic mass is 10.0. The number of nitrogens with zero attached hydrogens (tertiary/aromatic N) is 1. The molecule has 1 aromatic heterocycles. The molecule has 2 atom stereocenters. The van der Waals surface area contributed by atoms with Crippen molar-refractivity contribution in [3.8, 4) is 0 Å². The SMILES string of the molecule is Cc1[nH]nc2c1[C@@H](c1cccc(Cl)c1)S[C@H](C)C(=O)N2. The topological polar surface area (TPSA) is 57.8 Å². The van der Waals surface area contributed by atoms with Crippen LogP contribution in [0.4, 0.5) is 5.82 Å². The third-order valence-electron chi connectivity index (χ3n) is 3.36. The number of aromatic nitrogens is 2. The van der Waals surface area contributed by atoms with Crippen molar-refractivity contribution >= 4 is 35.1 Å². The second-order valence-electron chi connectivity index (χ2n) is 4.81. The van der Waals surface area contributed by atoms with Gasteiger partial charge in [0.2, 0.25) is 5.91 Å². The molecule has 1 aliphatic heterocycles. The summed E-state index contributed by atoms with van der Waals surface area (Å²) in [5, 5.41) is 10.6. The number of H-pyrrole nitrogens is 1. The number of aromatic amines is 1. The van der Waals surface area contributed by atoms with E-state index in [0.29, 0.717) is 10.8 Å². The Balaban J connectivity index is 2.13. The van der Waals surface area contributed by atoms with E-state index in [9.17, 15) is 4.79 Å². The fourth-order valence-electron chi connectivity index (χ4n) is 2.32. The van der Waals surface area contributed by atoms with E-state index in [0.717, 1.165) is 16.8 Å². The second kappa shape index (κ2) is 5.14. The highest BCUT2D eigenvalue weighted by Crippen LogP contribution is 2.44. The molecule has 2 aromatic rings. The minimum atomic E-state index is -0.146. The maximum absolute atomic E-state index is 12.0. The van der Waals surface area contributed by atoms with Crippen LogP contribution in [0.3, 0.4) is 0 Å². The van der Waals surface area contributed by atoms with Crippen LogP contribution in [0.25, 0.3) is 0 Å². The Morgan fingerprint density at radius 1 is 1.40 bits per heavy atom. The van der Waals surface area contributed by atoms with Crippen LogP contribution in [0.1, 0.15) is 29.0 Å². The maximum Gasteiger partial charge on any atom is 0.238 e. The monoisotopic (exact) mass is 307 g/mol.